The molecular weight excluding hydrogens is 736 g/mol. The molecule has 0 radical (unpaired) electrons. The van der Waals surface area contributed by atoms with Crippen LogP contribution in [0.2, 0.25) is 0 Å². The van der Waals surface area contributed by atoms with Crippen molar-refractivity contribution in [1.29, 1.82) is 0 Å². The summed E-state index contributed by atoms with van der Waals surface area (Å²) in [6, 6.07) is 62.5. The molecule has 0 amide bonds. The smallest absolute Gasteiger partial charge is 0.170 e. The van der Waals surface area contributed by atoms with Gasteiger partial charge in [-0.15, -0.1) is 0 Å². The number of nitrogens with one attached hydrogen (secondary N) is 1. The van der Waals surface area contributed by atoms with E-state index in [0.717, 1.165) is 19.5 Å². The Balaban J connectivity index is 0.000000125. The molecule has 0 bridgehead atoms. The highest BCUT2D eigenvalue weighted by Gasteiger charge is 2.30. The Bertz CT molecular complexity index is 2660. The van der Waals surface area contributed by atoms with E-state index in [9.17, 15) is 0 Å². The molecule has 1 saturated heterocycles. The van der Waals surface area contributed by atoms with E-state index < -0.39 is 0 Å². The second kappa shape index (κ2) is 18.0. The molecule has 3 aliphatic rings. The van der Waals surface area contributed by atoms with Crippen LogP contribution in [-0.2, 0) is 0 Å². The highest BCUT2D eigenvalue weighted by atomic mass is 31.1. The predicted octanol–water partition coefficient (Wildman–Crippen LogP) is 13.8. The van der Waals surface area contributed by atoms with Crippen molar-refractivity contribution < 1.29 is 0 Å². The van der Waals surface area contributed by atoms with Crippen molar-refractivity contribution in [1.82, 2.24) is 14.7 Å². The Morgan fingerprint density at radius 3 is 1.63 bits per heavy atom. The number of hydrogen-bond acceptors (Lipinski definition) is 4. The second-order valence-electron chi connectivity index (χ2n) is 16.0. The zero-order valence-corrected chi connectivity index (χ0v) is 35.4. The lowest BCUT2D eigenvalue weighted by atomic mass is 10.00. The molecule has 3 aliphatic heterocycles. The van der Waals surface area contributed by atoms with E-state index in [1.807, 2.05) is 0 Å². The van der Waals surface area contributed by atoms with Crippen LogP contribution in [0.4, 0.5) is 0 Å². The zero-order chi connectivity index (χ0) is 40.0. The lowest BCUT2D eigenvalue weighted by Gasteiger charge is -2.25. The van der Waals surface area contributed by atoms with Crippen molar-refractivity contribution in [2.75, 3.05) is 13.1 Å². The van der Waals surface area contributed by atoms with Crippen molar-refractivity contribution in [3.8, 4) is 0 Å². The molecule has 5 heteroatoms. The topological polar surface area (TPSA) is 30.9 Å². The first-order valence-corrected chi connectivity index (χ1v) is 22.4. The van der Waals surface area contributed by atoms with Gasteiger partial charge in [0, 0.05) is 18.3 Å². The molecule has 4 nitrogen and oxygen atoms in total. The lowest BCUT2D eigenvalue weighted by molar-refractivity contribution is 0.462. The van der Waals surface area contributed by atoms with Crippen LogP contribution in [0.25, 0.3) is 43.1 Å². The van der Waals surface area contributed by atoms with Crippen LogP contribution >= 0.6 is 8.88 Å². The van der Waals surface area contributed by atoms with Gasteiger partial charge in [-0.2, -0.15) is 0 Å². The molecule has 294 valence electrons. The molecular formula is C54H54N4P+. The summed E-state index contributed by atoms with van der Waals surface area (Å²) < 4.78 is 5.03. The molecule has 8 aromatic carbocycles. The molecule has 1 fully saturated rings. The van der Waals surface area contributed by atoms with Gasteiger partial charge in [0.15, 0.2) is 8.88 Å². The van der Waals surface area contributed by atoms with Crippen molar-refractivity contribution in [2.24, 2.45) is 4.99 Å². The minimum atomic E-state index is 0.00599. The third-order valence-electron chi connectivity index (χ3n) is 12.3. The van der Waals surface area contributed by atoms with Gasteiger partial charge in [-0.25, -0.2) is 9.34 Å². The highest BCUT2D eigenvalue weighted by molar-refractivity contribution is 7.33. The van der Waals surface area contributed by atoms with Gasteiger partial charge in [0.2, 0.25) is 0 Å². The first-order valence-electron chi connectivity index (χ1n) is 21.4. The van der Waals surface area contributed by atoms with Crippen molar-refractivity contribution in [2.45, 2.75) is 57.7 Å². The number of nitrogens with zero attached hydrogens (tertiary/aromatic N) is 3. The third-order valence-corrected chi connectivity index (χ3v) is 14.1. The fourth-order valence-corrected chi connectivity index (χ4v) is 10.3. The summed E-state index contributed by atoms with van der Waals surface area (Å²) in [5.41, 5.74) is 6.82. The maximum atomic E-state index is 4.53. The summed E-state index contributed by atoms with van der Waals surface area (Å²) in [7, 11) is 0.00599. The second-order valence-corrected chi connectivity index (χ2v) is 17.5. The number of aliphatic imine (C=N–C) groups is 1. The Hall–Kier alpha value is -5.80. The monoisotopic (exact) mass is 789 g/mol. The Morgan fingerprint density at radius 1 is 0.542 bits per heavy atom. The van der Waals surface area contributed by atoms with Gasteiger partial charge in [0.05, 0.1) is 24.5 Å². The number of benzene rings is 8. The molecule has 0 spiro atoms. The Labute approximate surface area is 351 Å². The number of hydrogen-bond donors (Lipinski definition) is 1. The van der Waals surface area contributed by atoms with Gasteiger partial charge >= 0.3 is 0 Å². The quantitative estimate of drug-likeness (QED) is 0.170. The van der Waals surface area contributed by atoms with E-state index >= 15 is 0 Å². The van der Waals surface area contributed by atoms with E-state index in [-0.39, 0.29) is 8.88 Å². The molecule has 8 aromatic rings. The first-order chi connectivity index (χ1) is 29.1. The van der Waals surface area contributed by atoms with Gasteiger partial charge in [-0.1, -0.05) is 158 Å². The maximum absolute atomic E-state index is 4.53. The zero-order valence-electron chi connectivity index (χ0n) is 34.2. The van der Waals surface area contributed by atoms with Crippen LogP contribution in [0.3, 0.4) is 0 Å². The van der Waals surface area contributed by atoms with Crippen LogP contribution in [0.1, 0.15) is 79.9 Å². The fourth-order valence-electron chi connectivity index (χ4n) is 8.93. The van der Waals surface area contributed by atoms with E-state index in [1.54, 1.807) is 0 Å². The SMILES string of the molecule is C[C@@H](c1cccc2ccccc12)N1C=CN([C@@H](C)c2cccc3ccccc23)[PH2+]1.c1ccc2cc(C3=NCCC3)ccc2c1.c1ccc2cc([C@H]3CCCN3)ccc2c1. The standard InChI is InChI=1S/C26H25N2P.C14H15N.C14H13N/c1-19(23-15-7-11-21-9-3-5-13-25(21)23)27-17-18-28(29-27)20(2)24-16-8-12-22-10-4-6-14-26(22)24;2*1-2-5-12-10-13(8-7-11(12)4-1)14-6-3-9-15-14/h3-20,29H,1-2H3;1-2,4-5,7-8,10,14-15H,3,6,9H2;1-2,4-5,7-8,10H,3,6,9H2/p+1/t19-,20-;14-;/m01./s1. The predicted molar refractivity (Wildman–Crippen MR) is 256 cm³/mol. The molecule has 1 N–H and O–H groups in total. The minimum Gasteiger partial charge on any atom is -0.310 e. The highest BCUT2D eigenvalue weighted by Crippen LogP contribution is 2.45. The summed E-state index contributed by atoms with van der Waals surface area (Å²) >= 11 is 0. The van der Waals surface area contributed by atoms with Gasteiger partial charge < -0.3 is 5.32 Å². The van der Waals surface area contributed by atoms with Crippen molar-refractivity contribution in [3.05, 3.63) is 205 Å². The maximum Gasteiger partial charge on any atom is 0.170 e. The minimum absolute atomic E-state index is 0.00599. The molecule has 0 aliphatic carbocycles. The van der Waals surface area contributed by atoms with Gasteiger partial charge in [0.1, 0.15) is 0 Å². The molecule has 0 aromatic heterocycles. The third kappa shape index (κ3) is 8.67. The van der Waals surface area contributed by atoms with Crippen molar-refractivity contribution in [3.63, 3.8) is 0 Å². The molecule has 0 unspecified atom stereocenters. The summed E-state index contributed by atoms with van der Waals surface area (Å²) in [5, 5.41) is 14.2. The van der Waals surface area contributed by atoms with Crippen LogP contribution in [-0.4, -0.2) is 28.1 Å². The first kappa shape index (κ1) is 38.7. The molecule has 59 heavy (non-hydrogen) atoms. The summed E-state index contributed by atoms with van der Waals surface area (Å²) in [6.07, 6.45) is 9.49. The van der Waals surface area contributed by atoms with E-state index in [1.165, 1.54) is 90.3 Å². The lowest BCUT2D eigenvalue weighted by Crippen LogP contribution is -2.15. The summed E-state index contributed by atoms with van der Waals surface area (Å²) in [4.78, 5) is 4.53. The number of rotatable bonds is 6. The van der Waals surface area contributed by atoms with Crippen LogP contribution in [0, 0.1) is 0 Å². The number of fused-ring (bicyclic) bond motifs is 4. The van der Waals surface area contributed by atoms with Gasteiger partial charge in [0.25, 0.3) is 0 Å². The average molecular weight is 790 g/mol. The van der Waals surface area contributed by atoms with E-state index in [2.05, 4.69) is 216 Å². The van der Waals surface area contributed by atoms with Gasteiger partial charge in [-0.3, -0.25) is 4.99 Å². The summed E-state index contributed by atoms with van der Waals surface area (Å²) in [6.45, 7) is 6.82. The van der Waals surface area contributed by atoms with Crippen LogP contribution < -0.4 is 5.32 Å². The average Bonchev–Trinajstić information content (AvgIpc) is 4.14. The molecule has 0 saturated carbocycles. The van der Waals surface area contributed by atoms with Crippen LogP contribution in [0.5, 0.6) is 0 Å². The molecule has 3 heterocycles. The fraction of sp³-hybridized carbons (Fsp3) is 0.204. The molecule has 11 rings (SSSR count). The van der Waals surface area contributed by atoms with Crippen molar-refractivity contribution >= 4 is 57.7 Å². The Morgan fingerprint density at radius 2 is 1.07 bits per heavy atom. The van der Waals surface area contributed by atoms with E-state index in [0.29, 0.717) is 18.1 Å². The van der Waals surface area contributed by atoms with E-state index in [4.69, 9.17) is 0 Å². The largest absolute Gasteiger partial charge is 0.310 e. The summed E-state index contributed by atoms with van der Waals surface area (Å²) in [5.74, 6) is 0. The van der Waals surface area contributed by atoms with Gasteiger partial charge in [-0.05, 0) is 124 Å². The normalized spacial score (nSPS) is 17.1. The van der Waals surface area contributed by atoms with Crippen LogP contribution in [0.15, 0.2) is 187 Å². The Kier molecular flexibility index (Phi) is 11.8. The molecule has 3 atom stereocenters.